The molecule has 0 saturated heterocycles. The molecule has 0 spiro atoms. The number of aromatic nitrogens is 4. The number of nitrogens with zero attached hydrogens (tertiary/aromatic N) is 3. The molecule has 1 atom stereocenters. The molecule has 7 nitrogen and oxygen atoms in total. The maximum Gasteiger partial charge on any atom is 0.253 e. The molecule has 130 valence electrons. The van der Waals surface area contributed by atoms with Crippen LogP contribution in [-0.4, -0.2) is 31.0 Å². The van der Waals surface area contributed by atoms with Crippen LogP contribution in [0.15, 0.2) is 24.7 Å². The van der Waals surface area contributed by atoms with Crippen molar-refractivity contribution >= 4 is 17.5 Å². The Morgan fingerprint density at radius 3 is 2.72 bits per heavy atom. The van der Waals surface area contributed by atoms with E-state index in [1.165, 1.54) is 6.92 Å². The lowest BCUT2D eigenvalue weighted by Gasteiger charge is -2.15. The van der Waals surface area contributed by atoms with Crippen LogP contribution in [0.5, 0.6) is 0 Å². The smallest absolute Gasteiger partial charge is 0.253 e. The maximum atomic E-state index is 12.8. The van der Waals surface area contributed by atoms with E-state index < -0.39 is 0 Å². The molecule has 3 rings (SSSR count). The average Bonchev–Trinajstić information content (AvgIpc) is 3.13. The number of Topliss-reactive ketones (excluding diaryl/α,β-unsaturated/α-hetero) is 1. The summed E-state index contributed by atoms with van der Waals surface area (Å²) in [5, 5.41) is 3.02. The van der Waals surface area contributed by atoms with E-state index in [4.69, 9.17) is 0 Å². The van der Waals surface area contributed by atoms with Crippen molar-refractivity contribution in [2.24, 2.45) is 0 Å². The number of amides is 1. The Bertz CT molecular complexity index is 921. The molecule has 0 aliphatic rings. The first-order valence-corrected chi connectivity index (χ1v) is 8.23. The molecule has 3 aromatic heterocycles. The Balaban J connectivity index is 1.89. The zero-order valence-electron chi connectivity index (χ0n) is 14.8. The van der Waals surface area contributed by atoms with Gasteiger partial charge in [-0.3, -0.25) is 14.0 Å². The summed E-state index contributed by atoms with van der Waals surface area (Å²) in [7, 11) is 0. The van der Waals surface area contributed by atoms with E-state index in [0.717, 1.165) is 5.69 Å². The molecule has 7 heteroatoms. The average molecular weight is 339 g/mol. The summed E-state index contributed by atoms with van der Waals surface area (Å²) in [5.74, 6) is 0.298. The quantitative estimate of drug-likeness (QED) is 0.699. The summed E-state index contributed by atoms with van der Waals surface area (Å²) in [4.78, 5) is 36.2. The van der Waals surface area contributed by atoms with E-state index in [9.17, 15) is 9.59 Å². The number of hydrogen-bond donors (Lipinski definition) is 2. The summed E-state index contributed by atoms with van der Waals surface area (Å²) in [6, 6.07) is 1.59. The van der Waals surface area contributed by atoms with Gasteiger partial charge in [0.05, 0.1) is 23.0 Å². The molecule has 25 heavy (non-hydrogen) atoms. The molecule has 1 amide bonds. The van der Waals surface area contributed by atoms with Gasteiger partial charge in [0.1, 0.15) is 0 Å². The van der Waals surface area contributed by atoms with Gasteiger partial charge in [-0.1, -0.05) is 6.92 Å². The fourth-order valence-corrected chi connectivity index (χ4v) is 3.07. The van der Waals surface area contributed by atoms with Crippen LogP contribution in [0.1, 0.15) is 64.1 Å². The van der Waals surface area contributed by atoms with Gasteiger partial charge in [-0.2, -0.15) is 0 Å². The largest absolute Gasteiger partial charge is 0.355 e. The number of carbonyl (C=O) groups is 2. The highest BCUT2D eigenvalue weighted by atomic mass is 16.2. The van der Waals surface area contributed by atoms with Gasteiger partial charge in [0.25, 0.3) is 5.91 Å². The van der Waals surface area contributed by atoms with E-state index in [2.05, 4.69) is 20.3 Å². The van der Waals surface area contributed by atoms with E-state index >= 15 is 0 Å². The van der Waals surface area contributed by atoms with Crippen molar-refractivity contribution in [1.82, 2.24) is 24.7 Å². The number of carbonyl (C=O) groups excluding carboxylic acids is 2. The summed E-state index contributed by atoms with van der Waals surface area (Å²) in [6.07, 6.45) is 6.11. The number of H-pyrrole nitrogens is 1. The van der Waals surface area contributed by atoms with Crippen molar-refractivity contribution in [2.75, 3.05) is 0 Å². The minimum absolute atomic E-state index is 0.0851. The van der Waals surface area contributed by atoms with Crippen LogP contribution in [0, 0.1) is 13.8 Å². The number of rotatable bonds is 5. The number of nitrogens with one attached hydrogen (secondary N) is 2. The molecular formula is C18H21N5O2. The van der Waals surface area contributed by atoms with Gasteiger partial charge in [-0.15, -0.1) is 0 Å². The highest BCUT2D eigenvalue weighted by Crippen LogP contribution is 2.21. The predicted molar refractivity (Wildman–Crippen MR) is 93.8 cm³/mol. The van der Waals surface area contributed by atoms with Gasteiger partial charge in [-0.05, 0) is 31.9 Å². The number of hydrogen-bond acceptors (Lipinski definition) is 4. The van der Waals surface area contributed by atoms with Crippen LogP contribution < -0.4 is 5.32 Å². The Labute approximate surface area is 145 Å². The molecule has 0 radical (unpaired) electrons. The molecule has 0 aliphatic heterocycles. The van der Waals surface area contributed by atoms with E-state index in [1.54, 1.807) is 20.0 Å². The monoisotopic (exact) mass is 339 g/mol. The summed E-state index contributed by atoms with van der Waals surface area (Å²) in [6.45, 7) is 7.05. The van der Waals surface area contributed by atoms with E-state index in [0.29, 0.717) is 34.7 Å². The lowest BCUT2D eigenvalue weighted by molar-refractivity contribution is 0.0933. The number of imidazole rings is 1. The Hall–Kier alpha value is -2.96. The van der Waals surface area contributed by atoms with E-state index in [1.807, 2.05) is 29.8 Å². The predicted octanol–water partition coefficient (Wildman–Crippen LogP) is 2.76. The van der Waals surface area contributed by atoms with Gasteiger partial charge in [-0.25, -0.2) is 9.97 Å². The van der Waals surface area contributed by atoms with Crippen molar-refractivity contribution in [3.8, 4) is 0 Å². The summed E-state index contributed by atoms with van der Waals surface area (Å²) < 4.78 is 1.82. The second kappa shape index (κ2) is 6.51. The highest BCUT2D eigenvalue weighted by molar-refractivity contribution is 6.02. The molecule has 1 unspecified atom stereocenters. The van der Waals surface area contributed by atoms with Crippen LogP contribution in [0.2, 0.25) is 0 Å². The van der Waals surface area contributed by atoms with Crippen LogP contribution in [0.4, 0.5) is 0 Å². The van der Waals surface area contributed by atoms with Gasteiger partial charge in [0, 0.05) is 31.2 Å². The normalized spacial score (nSPS) is 12.3. The fourth-order valence-electron chi connectivity index (χ4n) is 3.07. The van der Waals surface area contributed by atoms with Gasteiger partial charge < -0.3 is 10.3 Å². The zero-order chi connectivity index (χ0) is 18.1. The maximum absolute atomic E-state index is 12.8. The topological polar surface area (TPSA) is 92.2 Å². The number of fused-ring (bicyclic) bond motifs is 1. The first-order valence-electron chi connectivity index (χ1n) is 8.23. The molecule has 0 aromatic carbocycles. The van der Waals surface area contributed by atoms with Gasteiger partial charge in [0.2, 0.25) is 5.78 Å². The molecule has 0 bridgehead atoms. The number of aromatic amines is 1. The minimum atomic E-state index is -0.233. The Morgan fingerprint density at radius 2 is 2.12 bits per heavy atom. The molecule has 0 saturated carbocycles. The van der Waals surface area contributed by atoms with E-state index in [-0.39, 0.29) is 17.7 Å². The third kappa shape index (κ3) is 3.05. The highest BCUT2D eigenvalue weighted by Gasteiger charge is 2.23. The fraction of sp³-hybridized carbons (Fsp3) is 0.333. The van der Waals surface area contributed by atoms with Crippen molar-refractivity contribution in [2.45, 2.75) is 40.2 Å². The second-order valence-electron chi connectivity index (χ2n) is 6.11. The minimum Gasteiger partial charge on any atom is -0.355 e. The first kappa shape index (κ1) is 16.9. The van der Waals surface area contributed by atoms with Crippen LogP contribution in [0.3, 0.4) is 0 Å². The first-order chi connectivity index (χ1) is 11.9. The third-order valence-electron chi connectivity index (χ3n) is 4.34. The molecule has 0 fully saturated rings. The van der Waals surface area contributed by atoms with Crippen molar-refractivity contribution < 1.29 is 9.59 Å². The van der Waals surface area contributed by atoms with Gasteiger partial charge in [0.15, 0.2) is 5.78 Å². The zero-order valence-corrected chi connectivity index (χ0v) is 14.8. The van der Waals surface area contributed by atoms with Crippen molar-refractivity contribution in [1.29, 1.82) is 0 Å². The van der Waals surface area contributed by atoms with Crippen molar-refractivity contribution in [3.05, 3.63) is 52.9 Å². The third-order valence-corrected chi connectivity index (χ3v) is 4.34. The summed E-state index contributed by atoms with van der Waals surface area (Å²) in [5.41, 5.74) is 3.12. The second-order valence-corrected chi connectivity index (χ2v) is 6.11. The Kier molecular flexibility index (Phi) is 4.39. The summed E-state index contributed by atoms with van der Waals surface area (Å²) >= 11 is 0. The molecule has 3 aromatic rings. The van der Waals surface area contributed by atoms with Crippen molar-refractivity contribution in [3.63, 3.8) is 0 Å². The lowest BCUT2D eigenvalue weighted by atomic mass is 10.1. The van der Waals surface area contributed by atoms with Gasteiger partial charge >= 0.3 is 0 Å². The number of aryl methyl sites for hydroxylation is 1. The molecule has 0 aliphatic carbocycles. The molecule has 3 heterocycles. The Morgan fingerprint density at radius 1 is 1.36 bits per heavy atom. The van der Waals surface area contributed by atoms with Crippen LogP contribution >= 0.6 is 0 Å². The van der Waals surface area contributed by atoms with Crippen LogP contribution in [-0.2, 0) is 0 Å². The lowest BCUT2D eigenvalue weighted by Crippen LogP contribution is -2.29. The molecular weight excluding hydrogens is 318 g/mol. The number of ketones is 1. The standard InChI is InChI=1S/C18H21N5O2/c1-5-13(14-9-23-8-6-7-19-18(23)22-14)21-17(25)15-10(2)16(12(4)24)20-11(15)3/h6-9,13,20H,5H2,1-4H3,(H,21,25). The van der Waals surface area contributed by atoms with Crippen LogP contribution in [0.25, 0.3) is 5.78 Å². The molecule has 2 N–H and O–H groups in total. The SMILES string of the molecule is CCC(NC(=O)c1c(C)[nH]c(C(C)=O)c1C)c1cn2cccnc2n1.